The van der Waals surface area contributed by atoms with E-state index in [-0.39, 0.29) is 0 Å². The molecule has 0 aliphatic heterocycles. The normalized spacial score (nSPS) is 3.57. The van der Waals surface area contributed by atoms with Crippen molar-refractivity contribution >= 4 is 0 Å². The summed E-state index contributed by atoms with van der Waals surface area (Å²) in [6.07, 6.45) is 1.75. The van der Waals surface area contributed by atoms with Crippen LogP contribution in [0.5, 0.6) is 0 Å². The van der Waals surface area contributed by atoms with Crippen LogP contribution in [0.3, 0.4) is 0 Å². The van der Waals surface area contributed by atoms with Gasteiger partial charge in [0.2, 0.25) is 0 Å². The SMILES string of the molecule is C=CC.CO.CO. The average molecular weight is 106 g/mol. The second kappa shape index (κ2) is 282. The number of aliphatic hydroxyl groups is 2. The third kappa shape index (κ3) is 656. The maximum atomic E-state index is 7.00. The Kier molecular flexibility index (Phi) is 642. The Bertz CT molecular complexity index is 13.6. The minimum absolute atomic E-state index is 1.00. The summed E-state index contributed by atoms with van der Waals surface area (Å²) < 4.78 is 0. The molecule has 2 N–H and O–H groups in total. The van der Waals surface area contributed by atoms with Crippen molar-refractivity contribution in [3.05, 3.63) is 12.7 Å². The summed E-state index contributed by atoms with van der Waals surface area (Å²) in [5.74, 6) is 0. The molecule has 0 aromatic rings. The number of hydrogen-bond acceptors (Lipinski definition) is 2. The van der Waals surface area contributed by atoms with Gasteiger partial charge in [0.05, 0.1) is 0 Å². The molecule has 0 spiro atoms. The summed E-state index contributed by atoms with van der Waals surface area (Å²) in [5, 5.41) is 14.0. The molecule has 0 rings (SSSR count). The Hall–Kier alpha value is -0.340. The average Bonchev–Trinajstić information content (AvgIpc) is 1.78. The van der Waals surface area contributed by atoms with E-state index >= 15 is 0 Å². The smallest absolute Gasteiger partial charge is 0.0319 e. The summed E-state index contributed by atoms with van der Waals surface area (Å²) in [7, 11) is 2.00. The summed E-state index contributed by atoms with van der Waals surface area (Å²) >= 11 is 0. The molecule has 0 saturated carbocycles. The fourth-order valence-corrected chi connectivity index (χ4v) is 0. The van der Waals surface area contributed by atoms with Crippen molar-refractivity contribution in [2.45, 2.75) is 6.92 Å². The summed E-state index contributed by atoms with van der Waals surface area (Å²) in [5.41, 5.74) is 0. The van der Waals surface area contributed by atoms with Gasteiger partial charge in [0.25, 0.3) is 0 Å². The van der Waals surface area contributed by atoms with E-state index in [2.05, 4.69) is 6.58 Å². The van der Waals surface area contributed by atoms with E-state index in [0.717, 1.165) is 14.2 Å². The monoisotopic (exact) mass is 106 g/mol. The van der Waals surface area contributed by atoms with E-state index in [1.54, 1.807) is 6.08 Å². The van der Waals surface area contributed by atoms with E-state index in [1.165, 1.54) is 0 Å². The molecule has 0 fully saturated rings. The molecule has 0 aromatic heterocycles. The molecule has 0 heterocycles. The number of allylic oxidation sites excluding steroid dienone is 1. The molecule has 2 nitrogen and oxygen atoms in total. The zero-order valence-electron chi connectivity index (χ0n) is 5.18. The summed E-state index contributed by atoms with van der Waals surface area (Å²) in [6, 6.07) is 0. The lowest BCUT2D eigenvalue weighted by Crippen LogP contribution is -1.25. The van der Waals surface area contributed by atoms with Crippen LogP contribution in [-0.4, -0.2) is 24.4 Å². The lowest BCUT2D eigenvalue weighted by atomic mass is 10.8. The van der Waals surface area contributed by atoms with E-state index in [0.29, 0.717) is 0 Å². The van der Waals surface area contributed by atoms with Gasteiger partial charge in [-0.15, -0.1) is 6.58 Å². The van der Waals surface area contributed by atoms with Crippen LogP contribution in [0.1, 0.15) is 6.92 Å². The Morgan fingerprint density at radius 1 is 1.14 bits per heavy atom. The first kappa shape index (κ1) is 15.9. The van der Waals surface area contributed by atoms with Gasteiger partial charge in [-0.05, 0) is 6.92 Å². The lowest BCUT2D eigenvalue weighted by Gasteiger charge is -1.31. The molecule has 46 valence electrons. The predicted molar refractivity (Wildman–Crippen MR) is 32.2 cm³/mol. The van der Waals surface area contributed by atoms with Crippen LogP contribution in [0.25, 0.3) is 0 Å². The van der Waals surface area contributed by atoms with Crippen molar-refractivity contribution in [2.24, 2.45) is 0 Å². The van der Waals surface area contributed by atoms with Gasteiger partial charge in [0.1, 0.15) is 0 Å². The minimum Gasteiger partial charge on any atom is -0.400 e. The van der Waals surface area contributed by atoms with E-state index in [4.69, 9.17) is 10.2 Å². The molecule has 0 unspecified atom stereocenters. The molecular weight excluding hydrogens is 92.1 g/mol. The van der Waals surface area contributed by atoms with Gasteiger partial charge in [-0.25, -0.2) is 0 Å². The molecule has 0 aliphatic rings. The van der Waals surface area contributed by atoms with Crippen molar-refractivity contribution in [2.75, 3.05) is 14.2 Å². The first-order valence-corrected chi connectivity index (χ1v) is 1.88. The van der Waals surface area contributed by atoms with Gasteiger partial charge in [-0.2, -0.15) is 0 Å². The largest absolute Gasteiger partial charge is 0.400 e. The third-order valence-corrected chi connectivity index (χ3v) is 0. The van der Waals surface area contributed by atoms with Gasteiger partial charge in [0.15, 0.2) is 0 Å². The fourth-order valence-electron chi connectivity index (χ4n) is 0. The van der Waals surface area contributed by atoms with Crippen molar-refractivity contribution < 1.29 is 10.2 Å². The van der Waals surface area contributed by atoms with E-state index in [1.807, 2.05) is 6.92 Å². The molecular formula is C5H14O2. The molecule has 2 heteroatoms. The lowest BCUT2D eigenvalue weighted by molar-refractivity contribution is 0.399. The standard InChI is InChI=1S/C3H6.2CH4O/c1-3-2;2*1-2/h3H,1H2,2H3;2*2H,1H3. The van der Waals surface area contributed by atoms with Gasteiger partial charge in [-0.1, -0.05) is 6.08 Å². The fraction of sp³-hybridized carbons (Fsp3) is 0.600. The van der Waals surface area contributed by atoms with Crippen LogP contribution >= 0.6 is 0 Å². The quantitative estimate of drug-likeness (QED) is 0.439. The Morgan fingerprint density at radius 2 is 1.14 bits per heavy atom. The van der Waals surface area contributed by atoms with Crippen molar-refractivity contribution in [1.29, 1.82) is 0 Å². The summed E-state index contributed by atoms with van der Waals surface area (Å²) in [6.45, 7) is 5.25. The highest BCUT2D eigenvalue weighted by Gasteiger charge is 1.15. The second-order valence-electron chi connectivity index (χ2n) is 0.408. The molecule has 0 radical (unpaired) electrons. The van der Waals surface area contributed by atoms with Crippen LogP contribution in [-0.2, 0) is 0 Å². The van der Waals surface area contributed by atoms with Gasteiger partial charge in [0, 0.05) is 14.2 Å². The maximum Gasteiger partial charge on any atom is 0.0319 e. The predicted octanol–water partition coefficient (Wildman–Crippen LogP) is 0.409. The maximum absolute atomic E-state index is 7.00. The van der Waals surface area contributed by atoms with Crippen LogP contribution in [0.15, 0.2) is 12.7 Å². The van der Waals surface area contributed by atoms with E-state index < -0.39 is 0 Å². The molecule has 0 aliphatic carbocycles. The van der Waals surface area contributed by atoms with Crippen molar-refractivity contribution in [1.82, 2.24) is 0 Å². The molecule has 0 atom stereocenters. The molecule has 0 saturated heterocycles. The van der Waals surface area contributed by atoms with Crippen LogP contribution < -0.4 is 0 Å². The van der Waals surface area contributed by atoms with E-state index in [9.17, 15) is 0 Å². The van der Waals surface area contributed by atoms with Crippen molar-refractivity contribution in [3.63, 3.8) is 0 Å². The van der Waals surface area contributed by atoms with Gasteiger partial charge >= 0.3 is 0 Å². The van der Waals surface area contributed by atoms with Crippen LogP contribution in [0, 0.1) is 0 Å². The summed E-state index contributed by atoms with van der Waals surface area (Å²) in [4.78, 5) is 0. The molecule has 0 amide bonds. The zero-order chi connectivity index (χ0) is 6.71. The third-order valence-electron chi connectivity index (χ3n) is 0. The number of aliphatic hydroxyl groups excluding tert-OH is 2. The Morgan fingerprint density at radius 3 is 1.14 bits per heavy atom. The molecule has 0 aromatic carbocycles. The zero-order valence-corrected chi connectivity index (χ0v) is 5.18. The molecule has 7 heavy (non-hydrogen) atoms. The molecule has 0 bridgehead atoms. The van der Waals surface area contributed by atoms with Gasteiger partial charge < -0.3 is 10.2 Å². The first-order valence-electron chi connectivity index (χ1n) is 1.88. The highest BCUT2D eigenvalue weighted by molar-refractivity contribution is 4.51. The Labute approximate surface area is 45.1 Å². The van der Waals surface area contributed by atoms with Crippen molar-refractivity contribution in [3.8, 4) is 0 Å². The second-order valence-corrected chi connectivity index (χ2v) is 0.408. The minimum atomic E-state index is 1.00. The number of hydrogen-bond donors (Lipinski definition) is 2. The highest BCUT2D eigenvalue weighted by Crippen LogP contribution is 1.38. The van der Waals surface area contributed by atoms with Crippen LogP contribution in [0.2, 0.25) is 0 Å². The van der Waals surface area contributed by atoms with Gasteiger partial charge in [-0.3, -0.25) is 0 Å². The van der Waals surface area contributed by atoms with Crippen LogP contribution in [0.4, 0.5) is 0 Å². The highest BCUT2D eigenvalue weighted by atomic mass is 16.2. The topological polar surface area (TPSA) is 40.5 Å². The first-order chi connectivity index (χ1) is 3.41. The number of rotatable bonds is 0. The Balaban J connectivity index is -0.0000000360.